The molecule has 5 N–H and O–H groups in total. The Labute approximate surface area is 80.2 Å². The number of carboxylic acid groups (broad SMARTS) is 1. The maximum Gasteiger partial charge on any atom is 0.312 e. The Bertz CT molecular complexity index is 270. The van der Waals surface area contributed by atoms with Crippen molar-refractivity contribution in [3.05, 3.63) is 0 Å². The topological polar surface area (TPSA) is 110 Å². The molecule has 2 aliphatic heterocycles. The van der Waals surface area contributed by atoms with Crippen molar-refractivity contribution in [3.63, 3.8) is 0 Å². The van der Waals surface area contributed by atoms with E-state index in [2.05, 4.69) is 5.32 Å². The van der Waals surface area contributed by atoms with E-state index in [1.165, 1.54) is 0 Å². The van der Waals surface area contributed by atoms with Gasteiger partial charge in [0.15, 0.2) is 0 Å². The molecule has 0 aromatic heterocycles. The van der Waals surface area contributed by atoms with Crippen molar-refractivity contribution in [2.24, 2.45) is 5.92 Å². The molecule has 2 rings (SSSR count). The second-order valence-electron chi connectivity index (χ2n) is 4.01. The van der Waals surface area contributed by atoms with Crippen LogP contribution in [0.4, 0.5) is 0 Å². The number of nitrogens with one attached hydrogen (secondary N) is 1. The number of fused-ring (bicyclic) bond motifs is 2. The smallest absolute Gasteiger partial charge is 0.312 e. The highest BCUT2D eigenvalue weighted by atomic mass is 16.4. The van der Waals surface area contributed by atoms with E-state index in [1.54, 1.807) is 0 Å². The molecule has 0 spiro atoms. The number of aliphatic carboxylic acids is 1. The van der Waals surface area contributed by atoms with Crippen LogP contribution in [0, 0.1) is 5.92 Å². The zero-order valence-corrected chi connectivity index (χ0v) is 7.42. The van der Waals surface area contributed by atoms with Crippen LogP contribution in [0.2, 0.25) is 0 Å². The van der Waals surface area contributed by atoms with Crippen molar-refractivity contribution in [2.75, 3.05) is 0 Å². The van der Waals surface area contributed by atoms with Crippen LogP contribution in [-0.4, -0.2) is 50.4 Å². The Morgan fingerprint density at radius 2 is 2.07 bits per heavy atom. The maximum absolute atomic E-state index is 10.8. The lowest BCUT2D eigenvalue weighted by atomic mass is 9.85. The van der Waals surface area contributed by atoms with Gasteiger partial charge in [0.25, 0.3) is 0 Å². The van der Waals surface area contributed by atoms with Crippen LogP contribution in [0.3, 0.4) is 0 Å². The van der Waals surface area contributed by atoms with Gasteiger partial charge in [0.2, 0.25) is 0 Å². The standard InChI is InChI=1S/C8H13NO5/c10-5-3-1-2-8(14,9-3)6(11)4(5)7(12)13/h3-6,9-11,14H,1-2H2,(H,12,13). The fourth-order valence-electron chi connectivity index (χ4n) is 2.35. The molecule has 0 saturated carbocycles. The second kappa shape index (κ2) is 2.90. The maximum atomic E-state index is 10.8. The normalized spacial score (nSPS) is 51.9. The number of aliphatic hydroxyl groups is 3. The molecule has 0 aromatic carbocycles. The lowest BCUT2D eigenvalue weighted by Crippen LogP contribution is -2.66. The minimum atomic E-state index is -1.55. The highest BCUT2D eigenvalue weighted by Crippen LogP contribution is 2.37. The van der Waals surface area contributed by atoms with Crippen LogP contribution in [0.5, 0.6) is 0 Å². The quantitative estimate of drug-likeness (QED) is 0.333. The van der Waals surface area contributed by atoms with Crippen LogP contribution in [-0.2, 0) is 4.79 Å². The zero-order valence-electron chi connectivity index (χ0n) is 7.42. The van der Waals surface area contributed by atoms with Gasteiger partial charge >= 0.3 is 5.97 Å². The molecule has 0 aliphatic carbocycles. The first kappa shape index (κ1) is 9.85. The molecule has 2 bridgehead atoms. The van der Waals surface area contributed by atoms with Gasteiger partial charge in [-0.15, -0.1) is 0 Å². The molecule has 2 heterocycles. The molecule has 80 valence electrons. The van der Waals surface area contributed by atoms with Crippen molar-refractivity contribution >= 4 is 5.97 Å². The van der Waals surface area contributed by atoms with Crippen LogP contribution < -0.4 is 5.32 Å². The highest BCUT2D eigenvalue weighted by molar-refractivity contribution is 5.72. The summed E-state index contributed by atoms with van der Waals surface area (Å²) in [6.45, 7) is 0. The molecule has 6 nitrogen and oxygen atoms in total. The van der Waals surface area contributed by atoms with Gasteiger partial charge in [0.1, 0.15) is 17.7 Å². The number of carboxylic acids is 1. The highest BCUT2D eigenvalue weighted by Gasteiger charge is 2.57. The Morgan fingerprint density at radius 1 is 1.43 bits per heavy atom. The van der Waals surface area contributed by atoms with Gasteiger partial charge in [0, 0.05) is 6.04 Å². The Balaban J connectivity index is 2.31. The third-order valence-corrected chi connectivity index (χ3v) is 3.17. The summed E-state index contributed by atoms with van der Waals surface area (Å²) in [5.74, 6) is -2.59. The summed E-state index contributed by atoms with van der Waals surface area (Å²) < 4.78 is 0. The van der Waals surface area contributed by atoms with Gasteiger partial charge in [-0.3, -0.25) is 10.1 Å². The predicted octanol–water partition coefficient (Wildman–Crippen LogP) is -2.14. The van der Waals surface area contributed by atoms with Crippen molar-refractivity contribution in [3.8, 4) is 0 Å². The van der Waals surface area contributed by atoms with E-state index in [-0.39, 0.29) is 6.42 Å². The molecule has 2 fully saturated rings. The summed E-state index contributed by atoms with van der Waals surface area (Å²) in [6, 6.07) is -0.440. The van der Waals surface area contributed by atoms with Gasteiger partial charge in [-0.1, -0.05) is 0 Å². The lowest BCUT2D eigenvalue weighted by Gasteiger charge is -2.41. The number of rotatable bonds is 1. The monoisotopic (exact) mass is 203 g/mol. The van der Waals surface area contributed by atoms with E-state index < -0.39 is 35.9 Å². The minimum Gasteiger partial charge on any atom is -0.481 e. The average Bonchev–Trinajstić information content (AvgIpc) is 2.44. The molecule has 0 radical (unpaired) electrons. The third kappa shape index (κ3) is 1.15. The van der Waals surface area contributed by atoms with Crippen molar-refractivity contribution in [1.29, 1.82) is 0 Å². The van der Waals surface area contributed by atoms with Crippen LogP contribution >= 0.6 is 0 Å². The molecular formula is C8H13NO5. The number of carbonyl (C=O) groups is 1. The first-order valence-corrected chi connectivity index (χ1v) is 4.55. The predicted molar refractivity (Wildman–Crippen MR) is 44.2 cm³/mol. The molecule has 0 aromatic rings. The summed E-state index contributed by atoms with van der Waals surface area (Å²) in [4.78, 5) is 10.8. The van der Waals surface area contributed by atoms with Gasteiger partial charge in [-0.05, 0) is 12.8 Å². The summed E-state index contributed by atoms with van der Waals surface area (Å²) in [5.41, 5.74) is -1.55. The van der Waals surface area contributed by atoms with Gasteiger partial charge in [0.05, 0.1) is 6.10 Å². The van der Waals surface area contributed by atoms with Gasteiger partial charge in [-0.25, -0.2) is 0 Å². The number of hydrogen-bond acceptors (Lipinski definition) is 5. The van der Waals surface area contributed by atoms with Crippen LogP contribution in [0.25, 0.3) is 0 Å². The van der Waals surface area contributed by atoms with E-state index >= 15 is 0 Å². The molecule has 5 atom stereocenters. The van der Waals surface area contributed by atoms with Crippen molar-refractivity contribution < 1.29 is 25.2 Å². The van der Waals surface area contributed by atoms with E-state index in [4.69, 9.17) is 5.11 Å². The molecule has 2 saturated heterocycles. The summed E-state index contributed by atoms with van der Waals surface area (Å²) in [5, 5.41) is 40.4. The largest absolute Gasteiger partial charge is 0.481 e. The molecule has 14 heavy (non-hydrogen) atoms. The average molecular weight is 203 g/mol. The van der Waals surface area contributed by atoms with Crippen molar-refractivity contribution in [2.45, 2.75) is 36.8 Å². The van der Waals surface area contributed by atoms with Gasteiger partial charge in [-0.2, -0.15) is 0 Å². The number of piperidine rings is 1. The minimum absolute atomic E-state index is 0.264. The fraction of sp³-hybridized carbons (Fsp3) is 0.875. The molecule has 2 aliphatic rings. The second-order valence-corrected chi connectivity index (χ2v) is 4.01. The van der Waals surface area contributed by atoms with Crippen molar-refractivity contribution in [1.82, 2.24) is 5.32 Å². The number of aliphatic hydroxyl groups excluding tert-OH is 2. The lowest BCUT2D eigenvalue weighted by molar-refractivity contribution is -0.184. The number of hydrogen-bond donors (Lipinski definition) is 5. The summed E-state index contributed by atoms with van der Waals surface area (Å²) in [7, 11) is 0. The third-order valence-electron chi connectivity index (χ3n) is 3.17. The van der Waals surface area contributed by atoms with E-state index in [0.717, 1.165) is 0 Å². The van der Waals surface area contributed by atoms with E-state index in [9.17, 15) is 20.1 Å². The summed E-state index contributed by atoms with van der Waals surface area (Å²) in [6.07, 6.45) is -1.88. The Morgan fingerprint density at radius 3 is 2.64 bits per heavy atom. The molecular weight excluding hydrogens is 190 g/mol. The van der Waals surface area contributed by atoms with E-state index in [0.29, 0.717) is 6.42 Å². The molecule has 5 unspecified atom stereocenters. The van der Waals surface area contributed by atoms with E-state index in [1.807, 2.05) is 0 Å². The Hall–Kier alpha value is -0.690. The SMILES string of the molecule is O=C(O)C1C(O)C2CCC(O)(N2)C1O. The fourth-order valence-corrected chi connectivity index (χ4v) is 2.35. The molecule has 0 amide bonds. The van der Waals surface area contributed by atoms with Gasteiger partial charge < -0.3 is 20.4 Å². The first-order valence-electron chi connectivity index (χ1n) is 4.55. The summed E-state index contributed by atoms with van der Waals surface area (Å²) >= 11 is 0. The van der Waals surface area contributed by atoms with Crippen LogP contribution in [0.15, 0.2) is 0 Å². The first-order chi connectivity index (χ1) is 6.46. The zero-order chi connectivity index (χ0) is 10.5. The molecule has 6 heteroatoms. The van der Waals surface area contributed by atoms with Crippen LogP contribution in [0.1, 0.15) is 12.8 Å². The Kier molecular flexibility index (Phi) is 2.04.